The van der Waals surface area contributed by atoms with Crippen molar-refractivity contribution in [3.63, 3.8) is 0 Å². The molecule has 1 amide bonds. The molecule has 0 aliphatic heterocycles. The molecule has 2 aromatic heterocycles. The quantitative estimate of drug-likeness (QED) is 0.454. The largest absolute Gasteiger partial charge is 0.482 e. The van der Waals surface area contributed by atoms with Crippen LogP contribution in [-0.4, -0.2) is 35.7 Å². The van der Waals surface area contributed by atoms with Crippen LogP contribution in [0.15, 0.2) is 59.1 Å². The number of aromatic nitrogens is 2. The predicted octanol–water partition coefficient (Wildman–Crippen LogP) is 4.31. The Labute approximate surface area is 184 Å². The Hall–Kier alpha value is -4.20. The van der Waals surface area contributed by atoms with E-state index >= 15 is 0 Å². The van der Waals surface area contributed by atoms with Crippen molar-refractivity contribution in [1.82, 2.24) is 10.1 Å². The minimum absolute atomic E-state index is 0.189. The summed E-state index contributed by atoms with van der Waals surface area (Å²) in [5.41, 5.74) is 4.48. The molecule has 0 radical (unpaired) electrons. The van der Waals surface area contributed by atoms with Gasteiger partial charge in [0.1, 0.15) is 5.75 Å². The number of ether oxygens (including phenoxy) is 2. The van der Waals surface area contributed by atoms with Gasteiger partial charge in [-0.3, -0.25) is 4.79 Å². The number of rotatable bonds is 6. The molecule has 32 heavy (non-hydrogen) atoms. The highest BCUT2D eigenvalue weighted by Gasteiger charge is 2.19. The number of hydrogen-bond donors (Lipinski definition) is 1. The molecule has 8 heteroatoms. The predicted molar refractivity (Wildman–Crippen MR) is 119 cm³/mol. The fourth-order valence-corrected chi connectivity index (χ4v) is 3.18. The van der Waals surface area contributed by atoms with Crippen molar-refractivity contribution >= 4 is 28.7 Å². The topological polar surface area (TPSA) is 104 Å². The van der Waals surface area contributed by atoms with Gasteiger partial charge in [0, 0.05) is 11.3 Å². The number of pyridine rings is 1. The summed E-state index contributed by atoms with van der Waals surface area (Å²) in [4.78, 5) is 28.9. The lowest BCUT2D eigenvalue weighted by Crippen LogP contribution is -2.14. The summed E-state index contributed by atoms with van der Waals surface area (Å²) in [7, 11) is 1.29. The summed E-state index contributed by atoms with van der Waals surface area (Å²) in [6.07, 6.45) is 0. The number of anilines is 1. The van der Waals surface area contributed by atoms with Crippen LogP contribution in [0.4, 0.5) is 5.69 Å². The van der Waals surface area contributed by atoms with E-state index in [1.54, 1.807) is 37.3 Å². The lowest BCUT2D eigenvalue weighted by molar-refractivity contribution is -0.142. The standard InChI is InChI=1S/C24H21N3O5/c1-14-4-6-16(7-5-14)20-12-19(22-15(2)27-32-24(22)26-20)23(29)25-17-8-10-18(11-9-17)31-13-21(28)30-3/h4-12H,13H2,1-3H3,(H,25,29). The van der Waals surface area contributed by atoms with Gasteiger partial charge in [0.05, 0.1) is 29.4 Å². The third-order valence-electron chi connectivity index (χ3n) is 4.91. The van der Waals surface area contributed by atoms with E-state index in [4.69, 9.17) is 9.26 Å². The van der Waals surface area contributed by atoms with Gasteiger partial charge in [0.15, 0.2) is 6.61 Å². The number of hydrogen-bond acceptors (Lipinski definition) is 7. The zero-order chi connectivity index (χ0) is 22.7. The van der Waals surface area contributed by atoms with Crippen LogP contribution in [0, 0.1) is 13.8 Å². The van der Waals surface area contributed by atoms with E-state index in [2.05, 4.69) is 20.2 Å². The minimum atomic E-state index is -0.474. The monoisotopic (exact) mass is 431 g/mol. The van der Waals surface area contributed by atoms with Crippen LogP contribution in [0.2, 0.25) is 0 Å². The summed E-state index contributed by atoms with van der Waals surface area (Å²) >= 11 is 0. The van der Waals surface area contributed by atoms with E-state index in [-0.39, 0.29) is 12.5 Å². The number of esters is 1. The van der Waals surface area contributed by atoms with Crippen LogP contribution in [0.25, 0.3) is 22.4 Å². The molecule has 0 fully saturated rings. The highest BCUT2D eigenvalue weighted by Crippen LogP contribution is 2.28. The molecule has 0 bridgehead atoms. The second kappa shape index (κ2) is 8.89. The van der Waals surface area contributed by atoms with Gasteiger partial charge in [-0.2, -0.15) is 0 Å². The molecule has 0 atom stereocenters. The first-order valence-corrected chi connectivity index (χ1v) is 9.89. The zero-order valence-corrected chi connectivity index (χ0v) is 17.8. The van der Waals surface area contributed by atoms with Crippen molar-refractivity contribution in [2.45, 2.75) is 13.8 Å². The van der Waals surface area contributed by atoms with Crippen LogP contribution in [0.1, 0.15) is 21.6 Å². The molecule has 0 saturated carbocycles. The molecule has 162 valence electrons. The third kappa shape index (κ3) is 4.44. The summed E-state index contributed by atoms with van der Waals surface area (Å²) in [6.45, 7) is 3.58. The van der Waals surface area contributed by atoms with Gasteiger partial charge >= 0.3 is 5.97 Å². The van der Waals surface area contributed by atoms with E-state index in [1.165, 1.54) is 7.11 Å². The molecule has 0 saturated heterocycles. The molecule has 0 aliphatic carbocycles. The van der Waals surface area contributed by atoms with Crippen LogP contribution in [0.5, 0.6) is 5.75 Å². The summed E-state index contributed by atoms with van der Waals surface area (Å²) in [6, 6.07) is 16.3. The molecular formula is C24H21N3O5. The van der Waals surface area contributed by atoms with Gasteiger partial charge in [-0.25, -0.2) is 9.78 Å². The molecule has 2 heterocycles. The maximum Gasteiger partial charge on any atom is 0.343 e. The third-order valence-corrected chi connectivity index (χ3v) is 4.91. The summed E-state index contributed by atoms with van der Waals surface area (Å²) < 4.78 is 15.2. The average molecular weight is 431 g/mol. The Bertz CT molecular complexity index is 1280. The van der Waals surface area contributed by atoms with Crippen LogP contribution < -0.4 is 10.1 Å². The minimum Gasteiger partial charge on any atom is -0.482 e. The number of nitrogens with one attached hydrogen (secondary N) is 1. The Balaban J connectivity index is 1.61. The van der Waals surface area contributed by atoms with Crippen molar-refractivity contribution in [3.05, 3.63) is 71.4 Å². The number of carbonyl (C=O) groups is 2. The van der Waals surface area contributed by atoms with E-state index in [0.717, 1.165) is 11.1 Å². The van der Waals surface area contributed by atoms with Crippen molar-refractivity contribution < 1.29 is 23.6 Å². The number of methoxy groups -OCH3 is 1. The fourth-order valence-electron chi connectivity index (χ4n) is 3.18. The number of nitrogens with zero attached hydrogens (tertiary/aromatic N) is 2. The normalized spacial score (nSPS) is 10.7. The number of carbonyl (C=O) groups excluding carboxylic acids is 2. The summed E-state index contributed by atoms with van der Waals surface area (Å²) in [5, 5.41) is 7.42. The number of aryl methyl sites for hydroxylation is 2. The maximum absolute atomic E-state index is 13.2. The molecule has 4 aromatic rings. The van der Waals surface area contributed by atoms with Crippen molar-refractivity contribution in [3.8, 4) is 17.0 Å². The lowest BCUT2D eigenvalue weighted by Gasteiger charge is -2.10. The van der Waals surface area contributed by atoms with Crippen LogP contribution in [0.3, 0.4) is 0 Å². The average Bonchev–Trinajstić information content (AvgIpc) is 3.19. The van der Waals surface area contributed by atoms with Crippen molar-refractivity contribution in [1.29, 1.82) is 0 Å². The maximum atomic E-state index is 13.2. The Morgan fingerprint density at radius 2 is 1.75 bits per heavy atom. The van der Waals surface area contributed by atoms with Gasteiger partial charge < -0.3 is 19.3 Å². The van der Waals surface area contributed by atoms with E-state index in [0.29, 0.717) is 39.5 Å². The lowest BCUT2D eigenvalue weighted by atomic mass is 10.0. The van der Waals surface area contributed by atoms with Gasteiger partial charge in [0.25, 0.3) is 11.6 Å². The smallest absolute Gasteiger partial charge is 0.343 e. The van der Waals surface area contributed by atoms with Gasteiger partial charge in [0.2, 0.25) is 0 Å². The second-order valence-electron chi connectivity index (χ2n) is 7.21. The molecular weight excluding hydrogens is 410 g/mol. The number of benzene rings is 2. The van der Waals surface area contributed by atoms with Crippen LogP contribution >= 0.6 is 0 Å². The Morgan fingerprint density at radius 1 is 1.03 bits per heavy atom. The second-order valence-corrected chi connectivity index (χ2v) is 7.21. The molecule has 0 spiro atoms. The molecule has 2 aromatic carbocycles. The van der Waals surface area contributed by atoms with Gasteiger partial charge in [-0.1, -0.05) is 35.0 Å². The van der Waals surface area contributed by atoms with Gasteiger partial charge in [-0.05, 0) is 44.2 Å². The zero-order valence-electron chi connectivity index (χ0n) is 17.8. The number of fused-ring (bicyclic) bond motifs is 1. The summed E-state index contributed by atoms with van der Waals surface area (Å²) in [5.74, 6) is -0.311. The highest BCUT2D eigenvalue weighted by atomic mass is 16.6. The fraction of sp³-hybridized carbons (Fsp3) is 0.167. The Morgan fingerprint density at radius 3 is 2.44 bits per heavy atom. The van der Waals surface area contributed by atoms with Gasteiger partial charge in [-0.15, -0.1) is 0 Å². The first-order valence-electron chi connectivity index (χ1n) is 9.89. The molecule has 4 rings (SSSR count). The first kappa shape index (κ1) is 21.0. The highest BCUT2D eigenvalue weighted by molar-refractivity contribution is 6.13. The number of amides is 1. The van der Waals surface area contributed by atoms with Crippen molar-refractivity contribution in [2.75, 3.05) is 19.0 Å². The molecule has 0 aliphatic rings. The van der Waals surface area contributed by atoms with Crippen LogP contribution in [-0.2, 0) is 9.53 Å². The van der Waals surface area contributed by atoms with E-state index in [1.807, 2.05) is 31.2 Å². The Kier molecular flexibility index (Phi) is 5.85. The van der Waals surface area contributed by atoms with E-state index < -0.39 is 5.97 Å². The van der Waals surface area contributed by atoms with Crippen molar-refractivity contribution in [2.24, 2.45) is 0 Å². The molecule has 8 nitrogen and oxygen atoms in total. The first-order chi connectivity index (χ1) is 15.4. The molecule has 1 N–H and O–H groups in total. The van der Waals surface area contributed by atoms with E-state index in [9.17, 15) is 9.59 Å². The molecule has 0 unspecified atom stereocenters. The SMILES string of the molecule is COC(=O)COc1ccc(NC(=O)c2cc(-c3ccc(C)cc3)nc3onc(C)c23)cc1.